The van der Waals surface area contributed by atoms with Crippen molar-refractivity contribution in [2.24, 2.45) is 5.41 Å². The molecule has 59 heavy (non-hydrogen) atoms. The van der Waals surface area contributed by atoms with Gasteiger partial charge in [-0.1, -0.05) is 76.6 Å². The van der Waals surface area contributed by atoms with Crippen LogP contribution in [-0.2, 0) is 45.5 Å². The van der Waals surface area contributed by atoms with Crippen LogP contribution in [0.25, 0.3) is 0 Å². The Morgan fingerprint density at radius 1 is 0.966 bits per heavy atom. The molecule has 318 valence electrons. The van der Waals surface area contributed by atoms with E-state index in [0.717, 1.165) is 0 Å². The fraction of sp³-hybridized carbons (Fsp3) is 0.548. The number of hydrogen-bond acceptors (Lipinski definition) is 11. The first kappa shape index (κ1) is 44.4. The Morgan fingerprint density at radius 2 is 1.71 bits per heavy atom. The molecule has 2 aromatic carbocycles. The molecule has 0 radical (unpaired) electrons. The molecule has 2 aliphatic rings. The van der Waals surface area contributed by atoms with Crippen LogP contribution in [0.15, 0.2) is 54.6 Å². The van der Waals surface area contributed by atoms with E-state index in [1.807, 2.05) is 84.0 Å². The highest BCUT2D eigenvalue weighted by atomic mass is 16.5. The number of hydrogen-bond donors (Lipinski definition) is 4. The molecule has 1 saturated heterocycles. The lowest BCUT2D eigenvalue weighted by atomic mass is 9.85. The third kappa shape index (κ3) is 11.7. The first-order valence-corrected chi connectivity index (χ1v) is 20.1. The van der Waals surface area contributed by atoms with Crippen LogP contribution in [0.1, 0.15) is 97.1 Å². The highest BCUT2D eigenvalue weighted by molar-refractivity contribution is 6.38. The van der Waals surface area contributed by atoms with Crippen molar-refractivity contribution in [2.45, 2.75) is 116 Å². The number of fused-ring (bicyclic) bond motifs is 4. The molecule has 5 rings (SSSR count). The van der Waals surface area contributed by atoms with Gasteiger partial charge in [0.1, 0.15) is 23.9 Å². The van der Waals surface area contributed by atoms with Crippen molar-refractivity contribution in [1.82, 2.24) is 46.4 Å². The summed E-state index contributed by atoms with van der Waals surface area (Å²) in [6.07, 6.45) is 0.731. The molecule has 5 amide bonds. The molecule has 3 aromatic rings. The minimum Gasteiger partial charge on any atom is -0.493 e. The Kier molecular flexibility index (Phi) is 14.6. The Hall–Kier alpha value is -5.71. The molecular weight excluding hydrogens is 759 g/mol. The van der Waals surface area contributed by atoms with Gasteiger partial charge < -0.3 is 35.6 Å². The second kappa shape index (κ2) is 19.4. The molecular formula is C42H57N9O8. The van der Waals surface area contributed by atoms with Gasteiger partial charge in [0.15, 0.2) is 5.82 Å². The van der Waals surface area contributed by atoms with Gasteiger partial charge in [-0.05, 0) is 66.3 Å². The molecule has 4 bridgehead atoms. The zero-order valence-electron chi connectivity index (χ0n) is 34.9. The zero-order chi connectivity index (χ0) is 42.9. The molecule has 0 saturated carbocycles. The van der Waals surface area contributed by atoms with Gasteiger partial charge in [0.2, 0.25) is 29.4 Å². The number of benzene rings is 2. The van der Waals surface area contributed by atoms with Crippen LogP contribution in [0.2, 0.25) is 0 Å². The quantitative estimate of drug-likeness (QED) is 0.206. The number of amides is 5. The lowest BCUT2D eigenvalue weighted by Gasteiger charge is -2.35. The van der Waals surface area contributed by atoms with Crippen LogP contribution in [-0.4, -0.2) is 111 Å². The molecule has 3 unspecified atom stereocenters. The zero-order valence-corrected chi connectivity index (χ0v) is 34.9. The van der Waals surface area contributed by atoms with E-state index < -0.39 is 77.2 Å². The summed E-state index contributed by atoms with van der Waals surface area (Å²) in [6.45, 7) is 13.2. The second-order valence-corrected chi connectivity index (χ2v) is 17.1. The smallest absolute Gasteiger partial charge is 0.290 e. The van der Waals surface area contributed by atoms with Crippen LogP contribution in [0, 0.1) is 5.41 Å². The van der Waals surface area contributed by atoms with Crippen molar-refractivity contribution in [3.8, 4) is 5.75 Å². The van der Waals surface area contributed by atoms with Crippen molar-refractivity contribution in [2.75, 3.05) is 26.3 Å². The maximum Gasteiger partial charge on any atom is 0.290 e. The number of carbonyl (C=O) groups is 6. The van der Waals surface area contributed by atoms with Gasteiger partial charge in [-0.15, -0.1) is 5.10 Å². The van der Waals surface area contributed by atoms with E-state index in [1.54, 1.807) is 23.7 Å². The number of nitrogens with one attached hydrogen (secondary N) is 4. The molecule has 17 heteroatoms. The average Bonchev–Trinajstić information content (AvgIpc) is 3.86. The van der Waals surface area contributed by atoms with Crippen LogP contribution >= 0.6 is 0 Å². The predicted molar refractivity (Wildman–Crippen MR) is 216 cm³/mol. The third-order valence-electron chi connectivity index (χ3n) is 10.1. The van der Waals surface area contributed by atoms with Gasteiger partial charge in [-0.3, -0.25) is 28.8 Å². The lowest BCUT2D eigenvalue weighted by molar-refractivity contribution is -0.145. The van der Waals surface area contributed by atoms with Crippen LogP contribution < -0.4 is 26.0 Å². The number of ether oxygens (including phenoxy) is 2. The molecule has 0 aliphatic carbocycles. The fourth-order valence-corrected chi connectivity index (χ4v) is 7.10. The monoisotopic (exact) mass is 815 g/mol. The van der Waals surface area contributed by atoms with E-state index >= 15 is 0 Å². The van der Waals surface area contributed by atoms with Crippen LogP contribution in [0.3, 0.4) is 0 Å². The summed E-state index contributed by atoms with van der Waals surface area (Å²) in [4.78, 5) is 83.4. The number of carbonyl (C=O) groups excluding carboxylic acids is 6. The SMILES string of the molecule is CCCC(NC(=O)[C@@H]1CC2CN1C(=O)[C@H](C(C)(C)C)NC(=O)Cc1cccc(c1)OCCCO2)C(=O)C(=O)NCC(=O)NC(c1ccccc1)c1nnnn1C(C)(C)C. The molecule has 17 nitrogen and oxygen atoms in total. The maximum absolute atomic E-state index is 14.4. The lowest BCUT2D eigenvalue weighted by Crippen LogP contribution is -2.59. The minimum absolute atomic E-state index is 0.0163. The molecule has 2 aliphatic heterocycles. The molecule has 1 fully saturated rings. The Labute approximate surface area is 344 Å². The Balaban J connectivity index is 1.28. The largest absolute Gasteiger partial charge is 0.493 e. The summed E-state index contributed by atoms with van der Waals surface area (Å²) in [5.41, 5.74) is 0.169. The first-order valence-electron chi connectivity index (χ1n) is 20.1. The van der Waals surface area contributed by atoms with E-state index in [4.69, 9.17) is 9.47 Å². The van der Waals surface area contributed by atoms with Crippen molar-refractivity contribution in [3.05, 3.63) is 71.5 Å². The van der Waals surface area contributed by atoms with Crippen molar-refractivity contribution in [1.29, 1.82) is 0 Å². The Morgan fingerprint density at radius 3 is 2.41 bits per heavy atom. The van der Waals surface area contributed by atoms with E-state index in [9.17, 15) is 28.8 Å². The summed E-state index contributed by atoms with van der Waals surface area (Å²) >= 11 is 0. The van der Waals surface area contributed by atoms with Gasteiger partial charge in [0.05, 0.1) is 43.9 Å². The molecule has 4 N–H and O–H groups in total. The van der Waals surface area contributed by atoms with E-state index in [0.29, 0.717) is 48.8 Å². The van der Waals surface area contributed by atoms with Gasteiger partial charge in [0.25, 0.3) is 5.91 Å². The normalized spacial score (nSPS) is 20.1. The minimum atomic E-state index is -1.24. The van der Waals surface area contributed by atoms with Crippen molar-refractivity contribution < 1.29 is 38.2 Å². The summed E-state index contributed by atoms with van der Waals surface area (Å²) in [7, 11) is 0. The van der Waals surface area contributed by atoms with Gasteiger partial charge in [0, 0.05) is 19.4 Å². The highest BCUT2D eigenvalue weighted by Crippen LogP contribution is 2.29. The average molecular weight is 816 g/mol. The summed E-state index contributed by atoms with van der Waals surface area (Å²) in [5, 5.41) is 23.0. The fourth-order valence-electron chi connectivity index (χ4n) is 7.10. The first-order chi connectivity index (χ1) is 28.0. The van der Waals surface area contributed by atoms with Gasteiger partial charge >= 0.3 is 0 Å². The summed E-state index contributed by atoms with van der Waals surface area (Å²) in [5.74, 6) is -3.08. The summed E-state index contributed by atoms with van der Waals surface area (Å²) in [6, 6.07) is 12.2. The van der Waals surface area contributed by atoms with Crippen LogP contribution in [0.5, 0.6) is 5.75 Å². The predicted octanol–water partition coefficient (Wildman–Crippen LogP) is 2.15. The van der Waals surface area contributed by atoms with E-state index in [2.05, 4.69) is 36.8 Å². The number of tetrazole rings is 1. The number of ketones is 1. The number of aromatic nitrogens is 4. The number of nitrogens with zero attached hydrogens (tertiary/aromatic N) is 5. The Bertz CT molecular complexity index is 1970. The second-order valence-electron chi connectivity index (χ2n) is 17.1. The van der Waals surface area contributed by atoms with E-state index in [1.165, 1.54) is 4.90 Å². The molecule has 0 spiro atoms. The van der Waals surface area contributed by atoms with Crippen molar-refractivity contribution in [3.63, 3.8) is 0 Å². The van der Waals surface area contributed by atoms with Crippen molar-refractivity contribution >= 4 is 35.3 Å². The highest BCUT2D eigenvalue weighted by Gasteiger charge is 2.46. The number of rotatable bonds is 11. The molecule has 3 heterocycles. The van der Waals surface area contributed by atoms with Gasteiger partial charge in [-0.2, -0.15) is 0 Å². The molecule has 1 aromatic heterocycles. The molecule has 5 atom stereocenters. The maximum atomic E-state index is 14.4. The summed E-state index contributed by atoms with van der Waals surface area (Å²) < 4.78 is 13.6. The van der Waals surface area contributed by atoms with E-state index in [-0.39, 0.29) is 31.7 Å². The van der Waals surface area contributed by atoms with Crippen LogP contribution in [0.4, 0.5) is 0 Å². The van der Waals surface area contributed by atoms with Gasteiger partial charge in [-0.25, -0.2) is 4.68 Å². The standard InChI is InChI=1S/C42H57N9O8/c1-8-14-30(35(54)39(56)43-24-33(53)45-34(27-16-10-9-11-17-27)37-47-48-49-51(37)42(5,6)7)44-38(55)31-23-29-25-50(31)40(57)36(41(2,3)4)46-32(52)22-26-15-12-18-28(21-26)58-19-13-20-59-29/h9-12,15-18,21,29-31,34,36H,8,13-14,19-20,22-25H2,1-7H3,(H,43,56)(H,44,55)(H,45,53)(H,46,52)/t29?,30?,31-,34?,36+/m0/s1. The third-order valence-corrected chi connectivity index (χ3v) is 10.1. The number of Topliss-reactive ketones (excluding diaryl/α,β-unsaturated/α-hetero) is 1. The topological polar surface area (TPSA) is 216 Å².